The highest BCUT2D eigenvalue weighted by Gasteiger charge is 2.35. The van der Waals surface area contributed by atoms with Crippen LogP contribution >= 0.6 is 11.8 Å². The molecule has 2 aromatic rings. The number of hydrogen-bond donors (Lipinski definition) is 3. The van der Waals surface area contributed by atoms with Crippen LogP contribution in [0, 0.1) is 5.92 Å². The van der Waals surface area contributed by atoms with Crippen molar-refractivity contribution in [3.63, 3.8) is 0 Å². The van der Waals surface area contributed by atoms with Crippen LogP contribution in [0.3, 0.4) is 0 Å². The zero-order valence-electron chi connectivity index (χ0n) is 18.3. The Labute approximate surface area is 197 Å². The van der Waals surface area contributed by atoms with Gasteiger partial charge in [0, 0.05) is 30.7 Å². The lowest BCUT2D eigenvalue weighted by Crippen LogP contribution is -2.41. The average molecular weight is 469 g/mol. The van der Waals surface area contributed by atoms with Gasteiger partial charge in [-0.25, -0.2) is 4.79 Å². The minimum Gasteiger partial charge on any atom is -0.481 e. The third kappa shape index (κ3) is 6.07. The van der Waals surface area contributed by atoms with Gasteiger partial charge in [-0.15, -0.1) is 11.8 Å². The van der Waals surface area contributed by atoms with E-state index in [0.29, 0.717) is 12.3 Å². The van der Waals surface area contributed by atoms with E-state index in [1.54, 1.807) is 0 Å². The molecule has 7 nitrogen and oxygen atoms in total. The molecule has 2 aromatic carbocycles. The van der Waals surface area contributed by atoms with E-state index < -0.39 is 12.1 Å². The van der Waals surface area contributed by atoms with Crippen LogP contribution in [0.1, 0.15) is 36.3 Å². The molecule has 8 heteroatoms. The Hall–Kier alpha value is -3.00. The van der Waals surface area contributed by atoms with Crippen molar-refractivity contribution in [1.29, 1.82) is 0 Å². The second-order valence-corrected chi connectivity index (χ2v) is 9.52. The van der Waals surface area contributed by atoms with Crippen molar-refractivity contribution in [3.05, 3.63) is 59.7 Å². The summed E-state index contributed by atoms with van der Waals surface area (Å²) in [4.78, 5) is 35.4. The number of carboxylic acid groups (broad SMARTS) is 1. The zero-order valence-corrected chi connectivity index (χ0v) is 19.1. The van der Waals surface area contributed by atoms with Gasteiger partial charge in [0.25, 0.3) is 0 Å². The van der Waals surface area contributed by atoms with Crippen LogP contribution < -0.4 is 10.6 Å². The molecule has 1 saturated carbocycles. The number of amides is 2. The lowest BCUT2D eigenvalue weighted by molar-refractivity contribution is -0.133. The number of hydrogen-bond acceptors (Lipinski definition) is 5. The van der Waals surface area contributed by atoms with Crippen LogP contribution in [0.4, 0.5) is 4.79 Å². The highest BCUT2D eigenvalue weighted by Crippen LogP contribution is 2.44. The number of alkyl carbamates (subject to hydrolysis) is 1. The molecule has 33 heavy (non-hydrogen) atoms. The molecule has 0 bridgehead atoms. The zero-order chi connectivity index (χ0) is 23.2. The SMILES string of the molecule is O=C(O)CSCCNC(=O)CC(NC(=O)OCC1c2ccccc2-c2ccccc21)C1CC1. The molecular formula is C25H28N2O5S. The van der Waals surface area contributed by atoms with E-state index in [4.69, 9.17) is 9.84 Å². The second-order valence-electron chi connectivity index (χ2n) is 8.41. The fraction of sp³-hybridized carbons (Fsp3) is 0.400. The van der Waals surface area contributed by atoms with Crippen molar-refractivity contribution in [2.75, 3.05) is 24.7 Å². The van der Waals surface area contributed by atoms with Crippen molar-refractivity contribution >= 4 is 29.7 Å². The predicted octanol–water partition coefficient (Wildman–Crippen LogP) is 3.63. The summed E-state index contributed by atoms with van der Waals surface area (Å²) in [7, 11) is 0. The van der Waals surface area contributed by atoms with Gasteiger partial charge in [0.15, 0.2) is 0 Å². The first-order valence-corrected chi connectivity index (χ1v) is 12.4. The molecule has 1 unspecified atom stereocenters. The Morgan fingerprint density at radius 3 is 2.27 bits per heavy atom. The summed E-state index contributed by atoms with van der Waals surface area (Å²) >= 11 is 1.26. The summed E-state index contributed by atoms with van der Waals surface area (Å²) < 4.78 is 5.62. The fourth-order valence-corrected chi connectivity index (χ4v) is 4.88. The topological polar surface area (TPSA) is 105 Å². The third-order valence-electron chi connectivity index (χ3n) is 6.04. The molecule has 0 aliphatic heterocycles. The number of aliphatic carboxylic acids is 1. The van der Waals surface area contributed by atoms with Gasteiger partial charge in [0.2, 0.25) is 5.91 Å². The van der Waals surface area contributed by atoms with Crippen LogP contribution in [0.15, 0.2) is 48.5 Å². The molecule has 174 valence electrons. The molecule has 0 heterocycles. The molecule has 2 aliphatic carbocycles. The molecule has 1 atom stereocenters. The smallest absolute Gasteiger partial charge is 0.407 e. The summed E-state index contributed by atoms with van der Waals surface area (Å²) in [5, 5.41) is 14.3. The number of ether oxygens (including phenoxy) is 1. The van der Waals surface area contributed by atoms with Crippen LogP contribution in [-0.2, 0) is 14.3 Å². The summed E-state index contributed by atoms with van der Waals surface area (Å²) in [5.74, 6) is -0.184. The van der Waals surface area contributed by atoms with Gasteiger partial charge in [-0.05, 0) is 41.0 Å². The molecule has 0 radical (unpaired) electrons. The maximum Gasteiger partial charge on any atom is 0.407 e. The number of benzene rings is 2. The van der Waals surface area contributed by atoms with E-state index >= 15 is 0 Å². The molecule has 2 amide bonds. The van der Waals surface area contributed by atoms with E-state index in [0.717, 1.165) is 24.0 Å². The first-order valence-electron chi connectivity index (χ1n) is 11.2. The van der Waals surface area contributed by atoms with Crippen LogP contribution in [0.25, 0.3) is 11.1 Å². The average Bonchev–Trinajstić information content (AvgIpc) is 3.60. The van der Waals surface area contributed by atoms with Gasteiger partial charge in [-0.2, -0.15) is 0 Å². The van der Waals surface area contributed by atoms with E-state index in [2.05, 4.69) is 34.9 Å². The molecule has 2 aliphatic rings. The Balaban J connectivity index is 1.27. The lowest BCUT2D eigenvalue weighted by atomic mass is 9.98. The maximum atomic E-state index is 12.6. The Bertz CT molecular complexity index is 978. The Morgan fingerprint density at radius 1 is 1.03 bits per heavy atom. The summed E-state index contributed by atoms with van der Waals surface area (Å²) in [6.45, 7) is 0.642. The summed E-state index contributed by atoms with van der Waals surface area (Å²) in [6.07, 6.45) is 1.66. The Kier molecular flexibility index (Phi) is 7.54. The van der Waals surface area contributed by atoms with Crippen molar-refractivity contribution in [2.24, 2.45) is 5.92 Å². The quantitative estimate of drug-likeness (QED) is 0.435. The normalized spacial score (nSPS) is 15.3. The van der Waals surface area contributed by atoms with Gasteiger partial charge in [0.1, 0.15) is 6.61 Å². The number of carbonyl (C=O) groups is 3. The highest BCUT2D eigenvalue weighted by atomic mass is 32.2. The van der Waals surface area contributed by atoms with E-state index in [1.807, 2.05) is 24.3 Å². The monoisotopic (exact) mass is 468 g/mol. The van der Waals surface area contributed by atoms with E-state index in [1.165, 1.54) is 22.9 Å². The number of carboxylic acids is 1. The second kappa shape index (κ2) is 10.7. The van der Waals surface area contributed by atoms with Gasteiger partial charge in [0.05, 0.1) is 5.75 Å². The number of rotatable bonds is 11. The summed E-state index contributed by atoms with van der Waals surface area (Å²) in [6, 6.07) is 16.1. The van der Waals surface area contributed by atoms with Crippen LogP contribution in [0.2, 0.25) is 0 Å². The Morgan fingerprint density at radius 2 is 1.67 bits per heavy atom. The number of fused-ring (bicyclic) bond motifs is 3. The van der Waals surface area contributed by atoms with Crippen LogP contribution in [0.5, 0.6) is 0 Å². The van der Waals surface area contributed by atoms with Gasteiger partial charge in [-0.1, -0.05) is 48.5 Å². The van der Waals surface area contributed by atoms with Crippen molar-refractivity contribution in [1.82, 2.24) is 10.6 Å². The largest absolute Gasteiger partial charge is 0.481 e. The molecule has 0 spiro atoms. The van der Waals surface area contributed by atoms with E-state index in [-0.39, 0.29) is 42.6 Å². The van der Waals surface area contributed by atoms with E-state index in [9.17, 15) is 14.4 Å². The standard InChI is InChI=1S/C25H28N2O5S/c28-23(26-11-12-33-15-24(29)30)13-22(16-9-10-16)27-25(31)32-14-21-19-7-3-1-5-17(19)18-6-2-4-8-20(18)21/h1-8,16,21-22H,9-15H2,(H,26,28)(H,27,31)(H,29,30). The van der Waals surface area contributed by atoms with Gasteiger partial charge in [-0.3, -0.25) is 9.59 Å². The molecule has 0 saturated heterocycles. The first-order chi connectivity index (χ1) is 16.0. The van der Waals surface area contributed by atoms with Crippen molar-refractivity contribution in [3.8, 4) is 11.1 Å². The minimum absolute atomic E-state index is 0.00544. The maximum absolute atomic E-state index is 12.6. The van der Waals surface area contributed by atoms with Gasteiger partial charge >= 0.3 is 12.1 Å². The predicted molar refractivity (Wildman–Crippen MR) is 127 cm³/mol. The van der Waals surface area contributed by atoms with Gasteiger partial charge < -0.3 is 20.5 Å². The highest BCUT2D eigenvalue weighted by molar-refractivity contribution is 7.99. The number of nitrogens with one attached hydrogen (secondary N) is 2. The van der Waals surface area contributed by atoms with Crippen molar-refractivity contribution < 1.29 is 24.2 Å². The number of carbonyl (C=O) groups excluding carboxylic acids is 2. The summed E-state index contributed by atoms with van der Waals surface area (Å²) in [5.41, 5.74) is 4.67. The lowest BCUT2D eigenvalue weighted by Gasteiger charge is -2.19. The molecule has 3 N–H and O–H groups in total. The molecule has 4 rings (SSSR count). The van der Waals surface area contributed by atoms with Crippen molar-refractivity contribution in [2.45, 2.75) is 31.2 Å². The third-order valence-corrected chi connectivity index (χ3v) is 6.98. The number of thioether (sulfide) groups is 1. The molecule has 1 fully saturated rings. The fourth-order valence-electron chi connectivity index (χ4n) is 4.32. The van der Waals surface area contributed by atoms with Crippen LogP contribution in [-0.4, -0.2) is 53.8 Å². The molecular weight excluding hydrogens is 440 g/mol. The molecule has 0 aromatic heterocycles. The first kappa shape index (κ1) is 23.2. The minimum atomic E-state index is -0.868.